The third-order valence-electron chi connectivity index (χ3n) is 3.90. The van der Waals surface area contributed by atoms with Gasteiger partial charge in [0.2, 0.25) is 0 Å². The second kappa shape index (κ2) is 8.66. The minimum atomic E-state index is -4.90. The molecule has 0 radical (unpaired) electrons. The second-order valence-electron chi connectivity index (χ2n) is 5.72. The molecule has 1 aliphatic rings. The molecule has 1 aromatic rings. The van der Waals surface area contributed by atoms with Crippen LogP contribution in [-0.2, 0) is 20.7 Å². The zero-order valence-corrected chi connectivity index (χ0v) is 15.2. The van der Waals surface area contributed by atoms with Crippen LogP contribution in [0.3, 0.4) is 0 Å². The van der Waals surface area contributed by atoms with Crippen molar-refractivity contribution in [3.63, 3.8) is 0 Å². The molecule has 26 heavy (non-hydrogen) atoms. The lowest BCUT2D eigenvalue weighted by atomic mass is 9.98. The van der Waals surface area contributed by atoms with Gasteiger partial charge in [0, 0.05) is 0 Å². The highest BCUT2D eigenvalue weighted by Gasteiger charge is 2.39. The van der Waals surface area contributed by atoms with Crippen molar-refractivity contribution in [2.24, 2.45) is 0 Å². The van der Waals surface area contributed by atoms with Gasteiger partial charge >= 0.3 is 18.1 Å². The van der Waals surface area contributed by atoms with Crippen molar-refractivity contribution in [3.05, 3.63) is 29.3 Å². The molecular formula is C17H20F3NO4S. The number of nitrogens with one attached hydrogen (secondary N) is 1. The van der Waals surface area contributed by atoms with Gasteiger partial charge in [0.05, 0.1) is 13.2 Å². The van der Waals surface area contributed by atoms with E-state index in [1.54, 1.807) is 19.1 Å². The maximum absolute atomic E-state index is 12.2. The van der Waals surface area contributed by atoms with Gasteiger partial charge in [-0.25, -0.2) is 0 Å². The largest absolute Gasteiger partial charge is 0.488 e. The molecule has 0 fully saturated rings. The molecule has 0 saturated heterocycles. The second-order valence-corrected chi connectivity index (χ2v) is 6.66. The van der Waals surface area contributed by atoms with Gasteiger partial charge in [-0.2, -0.15) is 13.2 Å². The van der Waals surface area contributed by atoms with Gasteiger partial charge in [-0.3, -0.25) is 9.59 Å². The number of carbonyl (C=O) groups excluding carboxylic acids is 2. The lowest BCUT2D eigenvalue weighted by molar-refractivity contribution is -0.173. The SMILES string of the molecule is CCOC(=O)C(SC)c1ccc2c(c1)CC[C@H](CNC(=O)C(F)(F)F)O2. The van der Waals surface area contributed by atoms with Crippen molar-refractivity contribution in [2.45, 2.75) is 37.3 Å². The number of esters is 1. The Morgan fingerprint density at radius 2 is 2.15 bits per heavy atom. The molecule has 0 bridgehead atoms. The number of ether oxygens (including phenoxy) is 2. The number of halogens is 3. The maximum Gasteiger partial charge on any atom is 0.471 e. The van der Waals surface area contributed by atoms with Gasteiger partial charge in [0.25, 0.3) is 0 Å². The molecule has 1 aliphatic heterocycles. The van der Waals surface area contributed by atoms with Crippen LogP contribution in [0.1, 0.15) is 29.7 Å². The van der Waals surface area contributed by atoms with E-state index < -0.39 is 23.4 Å². The van der Waals surface area contributed by atoms with E-state index in [2.05, 4.69) is 0 Å². The van der Waals surface area contributed by atoms with Gasteiger partial charge in [-0.1, -0.05) is 12.1 Å². The third-order valence-corrected chi connectivity index (χ3v) is 4.84. The van der Waals surface area contributed by atoms with Crippen molar-refractivity contribution >= 4 is 23.6 Å². The van der Waals surface area contributed by atoms with Crippen LogP contribution >= 0.6 is 11.8 Å². The summed E-state index contributed by atoms with van der Waals surface area (Å²) in [5, 5.41) is 1.40. The fourth-order valence-corrected chi connectivity index (χ4v) is 3.34. The Morgan fingerprint density at radius 1 is 1.42 bits per heavy atom. The number of aryl methyl sites for hydroxylation is 1. The standard InChI is InChI=1S/C17H20F3NO4S/c1-3-24-15(22)14(26-2)11-5-7-13-10(8-11)4-6-12(25-13)9-21-16(23)17(18,19)20/h5,7-8,12,14H,3-4,6,9H2,1-2H3,(H,21,23)/t12-,14?/m1/s1. The lowest BCUT2D eigenvalue weighted by Gasteiger charge is -2.27. The quantitative estimate of drug-likeness (QED) is 0.756. The average Bonchev–Trinajstić information content (AvgIpc) is 2.59. The molecule has 2 atom stereocenters. The number of hydrogen-bond donors (Lipinski definition) is 1. The number of amides is 1. The summed E-state index contributed by atoms with van der Waals surface area (Å²) in [4.78, 5) is 22.9. The fraction of sp³-hybridized carbons (Fsp3) is 0.529. The van der Waals surface area contributed by atoms with Gasteiger partial charge in [-0.15, -0.1) is 11.8 Å². The summed E-state index contributed by atoms with van der Waals surface area (Å²) in [6.07, 6.45) is -2.56. The van der Waals surface area contributed by atoms with E-state index in [0.29, 0.717) is 25.2 Å². The van der Waals surface area contributed by atoms with Gasteiger partial charge in [0.15, 0.2) is 0 Å². The first-order chi connectivity index (χ1) is 12.3. The van der Waals surface area contributed by atoms with Crippen LogP contribution in [0.5, 0.6) is 5.75 Å². The molecule has 1 aromatic carbocycles. The predicted octanol–water partition coefficient (Wildman–Crippen LogP) is 3.03. The van der Waals surface area contributed by atoms with Crippen LogP contribution in [0.25, 0.3) is 0 Å². The monoisotopic (exact) mass is 391 g/mol. The van der Waals surface area contributed by atoms with Crippen molar-refractivity contribution in [3.8, 4) is 5.75 Å². The molecule has 1 heterocycles. The summed E-state index contributed by atoms with van der Waals surface area (Å²) in [5.41, 5.74) is 1.67. The highest BCUT2D eigenvalue weighted by Crippen LogP contribution is 2.34. The van der Waals surface area contributed by atoms with E-state index in [1.807, 2.05) is 17.6 Å². The molecule has 0 aromatic heterocycles. The maximum atomic E-state index is 12.2. The Hall–Kier alpha value is -1.90. The number of thioether (sulfide) groups is 1. The summed E-state index contributed by atoms with van der Waals surface area (Å²) in [7, 11) is 0. The number of benzene rings is 1. The Labute approximate surface area is 153 Å². The first-order valence-corrected chi connectivity index (χ1v) is 9.39. The first kappa shape index (κ1) is 20.4. The van der Waals surface area contributed by atoms with Crippen LogP contribution in [0.15, 0.2) is 18.2 Å². The Balaban J connectivity index is 2.02. The Kier molecular flexibility index (Phi) is 6.80. The van der Waals surface area contributed by atoms with Crippen LogP contribution in [-0.4, -0.2) is 43.6 Å². The van der Waals surface area contributed by atoms with E-state index in [4.69, 9.17) is 9.47 Å². The van der Waals surface area contributed by atoms with Gasteiger partial charge in [-0.05, 0) is 43.2 Å². The molecule has 5 nitrogen and oxygen atoms in total. The van der Waals surface area contributed by atoms with Crippen LogP contribution in [0.2, 0.25) is 0 Å². The zero-order valence-electron chi connectivity index (χ0n) is 14.4. The number of rotatable bonds is 6. The molecule has 0 aliphatic carbocycles. The van der Waals surface area contributed by atoms with Crippen LogP contribution in [0, 0.1) is 0 Å². The summed E-state index contributed by atoms with van der Waals surface area (Å²) in [6, 6.07) is 5.30. The smallest absolute Gasteiger partial charge is 0.471 e. The number of hydrogen-bond acceptors (Lipinski definition) is 5. The Bertz CT molecular complexity index is 666. The van der Waals surface area contributed by atoms with Crippen LogP contribution in [0.4, 0.5) is 13.2 Å². The molecule has 1 N–H and O–H groups in total. The fourth-order valence-electron chi connectivity index (χ4n) is 2.66. The third kappa shape index (κ3) is 5.06. The molecule has 9 heteroatoms. The topological polar surface area (TPSA) is 64.6 Å². The summed E-state index contributed by atoms with van der Waals surface area (Å²) in [6.45, 7) is 1.83. The van der Waals surface area contributed by atoms with Gasteiger partial charge < -0.3 is 14.8 Å². The first-order valence-electron chi connectivity index (χ1n) is 8.10. The molecule has 1 amide bonds. The molecular weight excluding hydrogens is 371 g/mol. The average molecular weight is 391 g/mol. The Morgan fingerprint density at radius 3 is 2.77 bits per heavy atom. The van der Waals surface area contributed by atoms with Gasteiger partial charge in [0.1, 0.15) is 17.1 Å². The number of alkyl halides is 3. The van der Waals surface area contributed by atoms with Crippen molar-refractivity contribution < 1.29 is 32.2 Å². The minimum Gasteiger partial charge on any atom is -0.488 e. The summed E-state index contributed by atoms with van der Waals surface area (Å²) in [5.74, 6) is -1.74. The molecule has 0 saturated carbocycles. The molecule has 144 valence electrons. The molecule has 1 unspecified atom stereocenters. The van der Waals surface area contributed by atoms with E-state index in [-0.39, 0.29) is 12.5 Å². The molecule has 2 rings (SSSR count). The van der Waals surface area contributed by atoms with Crippen molar-refractivity contribution in [2.75, 3.05) is 19.4 Å². The van der Waals surface area contributed by atoms with E-state index >= 15 is 0 Å². The zero-order chi connectivity index (χ0) is 19.3. The van der Waals surface area contributed by atoms with E-state index in [0.717, 1.165) is 11.1 Å². The minimum absolute atomic E-state index is 0.213. The van der Waals surface area contributed by atoms with E-state index in [9.17, 15) is 22.8 Å². The molecule has 0 spiro atoms. The summed E-state index contributed by atoms with van der Waals surface area (Å²) >= 11 is 1.37. The lowest BCUT2D eigenvalue weighted by Crippen LogP contribution is -2.43. The highest BCUT2D eigenvalue weighted by atomic mass is 32.2. The van der Waals surface area contributed by atoms with E-state index in [1.165, 1.54) is 11.8 Å². The van der Waals surface area contributed by atoms with Crippen molar-refractivity contribution in [1.29, 1.82) is 0 Å². The summed E-state index contributed by atoms with van der Waals surface area (Å²) < 4.78 is 47.4. The normalized spacial score (nSPS) is 17.7. The van der Waals surface area contributed by atoms with Crippen molar-refractivity contribution in [1.82, 2.24) is 5.32 Å². The number of fused-ring (bicyclic) bond motifs is 1. The highest BCUT2D eigenvalue weighted by molar-refractivity contribution is 7.99. The van der Waals surface area contributed by atoms with Crippen LogP contribution < -0.4 is 10.1 Å². The number of carbonyl (C=O) groups is 2. The predicted molar refractivity (Wildman–Crippen MR) is 91.1 cm³/mol.